The van der Waals surface area contributed by atoms with Crippen LogP contribution in [-0.4, -0.2) is 35.3 Å². The van der Waals surface area contributed by atoms with E-state index in [4.69, 9.17) is 9.47 Å². The average Bonchev–Trinajstić information content (AvgIpc) is 2.66. The lowest BCUT2D eigenvalue weighted by molar-refractivity contribution is -0.289. The van der Waals surface area contributed by atoms with E-state index >= 15 is 0 Å². The van der Waals surface area contributed by atoms with Crippen molar-refractivity contribution in [1.29, 1.82) is 0 Å². The Kier molecular flexibility index (Phi) is 6.18. The van der Waals surface area contributed by atoms with Crippen molar-refractivity contribution in [3.05, 3.63) is 29.8 Å². The summed E-state index contributed by atoms with van der Waals surface area (Å²) in [5.41, 5.74) is 0.423. The SMILES string of the molecule is COC1CCC(C(=O)Oc2ccc(C3CC(C)(C)N([O])C(C)(C)C3)cc2)CC1. The van der Waals surface area contributed by atoms with Crippen molar-refractivity contribution < 1.29 is 19.5 Å². The fourth-order valence-electron chi connectivity index (χ4n) is 5.04. The molecule has 0 amide bonds. The van der Waals surface area contributed by atoms with Crippen LogP contribution in [0, 0.1) is 5.92 Å². The maximum atomic E-state index is 12.6. The summed E-state index contributed by atoms with van der Waals surface area (Å²) in [5, 5.41) is 13.8. The van der Waals surface area contributed by atoms with Crippen molar-refractivity contribution >= 4 is 5.97 Å². The molecule has 1 saturated carbocycles. The zero-order valence-corrected chi connectivity index (χ0v) is 17.9. The Morgan fingerprint density at radius 1 is 0.964 bits per heavy atom. The van der Waals surface area contributed by atoms with Crippen LogP contribution >= 0.6 is 0 Å². The highest BCUT2D eigenvalue weighted by atomic mass is 16.5. The van der Waals surface area contributed by atoms with Crippen LogP contribution in [0.2, 0.25) is 0 Å². The van der Waals surface area contributed by atoms with Crippen molar-refractivity contribution in [3.63, 3.8) is 0 Å². The van der Waals surface area contributed by atoms with Crippen LogP contribution in [0.25, 0.3) is 0 Å². The summed E-state index contributed by atoms with van der Waals surface area (Å²) in [5.74, 6) is 0.755. The molecule has 0 atom stereocenters. The number of hydroxylamine groups is 2. The first-order valence-corrected chi connectivity index (χ1v) is 10.4. The third-order valence-corrected chi connectivity index (χ3v) is 6.50. The normalized spacial score (nSPS) is 28.1. The van der Waals surface area contributed by atoms with E-state index in [0.717, 1.165) is 38.5 Å². The highest BCUT2D eigenvalue weighted by Crippen LogP contribution is 2.44. The molecule has 0 N–H and O–H groups in total. The van der Waals surface area contributed by atoms with Gasteiger partial charge in [-0.3, -0.25) is 4.79 Å². The highest BCUT2D eigenvalue weighted by molar-refractivity contribution is 5.75. The zero-order valence-electron chi connectivity index (χ0n) is 17.9. The van der Waals surface area contributed by atoms with Gasteiger partial charge in [-0.1, -0.05) is 12.1 Å². The summed E-state index contributed by atoms with van der Waals surface area (Å²) in [4.78, 5) is 12.5. The monoisotopic (exact) mass is 388 g/mol. The quantitative estimate of drug-likeness (QED) is 0.545. The van der Waals surface area contributed by atoms with Gasteiger partial charge in [-0.2, -0.15) is 0 Å². The number of rotatable bonds is 4. The summed E-state index contributed by atoms with van der Waals surface area (Å²) in [6, 6.07) is 7.86. The summed E-state index contributed by atoms with van der Waals surface area (Å²) in [6.07, 6.45) is 5.40. The Morgan fingerprint density at radius 3 is 2.00 bits per heavy atom. The van der Waals surface area contributed by atoms with Crippen molar-refractivity contribution in [2.75, 3.05) is 7.11 Å². The number of carbonyl (C=O) groups excluding carboxylic acids is 1. The molecule has 5 heteroatoms. The van der Waals surface area contributed by atoms with Gasteiger partial charge in [-0.05, 0) is 89.8 Å². The van der Waals surface area contributed by atoms with Crippen LogP contribution in [0.15, 0.2) is 24.3 Å². The molecule has 0 aromatic heterocycles. The molecule has 1 aromatic carbocycles. The fraction of sp³-hybridized carbons (Fsp3) is 0.696. The Hall–Kier alpha value is -1.43. The minimum absolute atomic E-state index is 0.0333. The standard InChI is InChI=1S/C23H34NO4/c1-22(2)14-18(15-23(3,4)24(22)26)16-6-12-20(13-7-16)28-21(25)17-8-10-19(27-5)11-9-17/h6-7,12-13,17-19H,8-11,14-15H2,1-5H3. The first kappa shape index (κ1) is 21.3. The summed E-state index contributed by atoms with van der Waals surface area (Å²) in [7, 11) is 1.73. The van der Waals surface area contributed by atoms with Gasteiger partial charge < -0.3 is 9.47 Å². The van der Waals surface area contributed by atoms with Crippen molar-refractivity contribution in [2.24, 2.45) is 5.92 Å². The fourth-order valence-corrected chi connectivity index (χ4v) is 5.04. The molecular weight excluding hydrogens is 354 g/mol. The second-order valence-electron chi connectivity index (χ2n) is 9.72. The molecule has 5 nitrogen and oxygen atoms in total. The van der Waals surface area contributed by atoms with Crippen LogP contribution in [0.1, 0.15) is 77.7 Å². The van der Waals surface area contributed by atoms with Crippen LogP contribution < -0.4 is 4.74 Å². The second-order valence-corrected chi connectivity index (χ2v) is 9.72. The second kappa shape index (κ2) is 8.13. The molecule has 0 spiro atoms. The van der Waals surface area contributed by atoms with Gasteiger partial charge in [0.2, 0.25) is 0 Å². The molecule has 1 aliphatic carbocycles. The smallest absolute Gasteiger partial charge is 0.314 e. The van der Waals surface area contributed by atoms with Crippen LogP contribution in [-0.2, 0) is 14.7 Å². The Morgan fingerprint density at radius 2 is 1.50 bits per heavy atom. The maximum absolute atomic E-state index is 12.6. The van der Waals surface area contributed by atoms with Crippen LogP contribution in [0.5, 0.6) is 5.75 Å². The van der Waals surface area contributed by atoms with E-state index in [2.05, 4.69) is 0 Å². The van der Waals surface area contributed by atoms with E-state index in [1.54, 1.807) is 7.11 Å². The molecule has 1 heterocycles. The number of methoxy groups -OCH3 is 1. The van der Waals surface area contributed by atoms with Crippen molar-refractivity contribution in [3.8, 4) is 5.75 Å². The van der Waals surface area contributed by atoms with Crippen LogP contribution in [0.3, 0.4) is 0 Å². The van der Waals surface area contributed by atoms with Gasteiger partial charge in [0.05, 0.1) is 12.0 Å². The summed E-state index contributed by atoms with van der Waals surface area (Å²) >= 11 is 0. The predicted molar refractivity (Wildman–Crippen MR) is 107 cm³/mol. The highest BCUT2D eigenvalue weighted by Gasteiger charge is 2.46. The minimum atomic E-state index is -0.390. The van der Waals surface area contributed by atoms with E-state index in [9.17, 15) is 10.0 Å². The van der Waals surface area contributed by atoms with Crippen molar-refractivity contribution in [1.82, 2.24) is 5.06 Å². The van der Waals surface area contributed by atoms with Crippen LogP contribution in [0.4, 0.5) is 0 Å². The number of benzene rings is 1. The van der Waals surface area contributed by atoms with Gasteiger partial charge in [-0.15, -0.1) is 10.3 Å². The van der Waals surface area contributed by atoms with E-state index in [-0.39, 0.29) is 18.0 Å². The molecule has 1 aliphatic heterocycles. The Balaban J connectivity index is 1.61. The molecular formula is C23H34NO4. The summed E-state index contributed by atoms with van der Waals surface area (Å²) < 4.78 is 11.0. The molecule has 0 bridgehead atoms. The largest absolute Gasteiger partial charge is 0.426 e. The van der Waals surface area contributed by atoms with Gasteiger partial charge in [0.1, 0.15) is 5.75 Å². The number of carbonyl (C=O) groups is 1. The third kappa shape index (κ3) is 4.58. The lowest BCUT2D eigenvalue weighted by Crippen LogP contribution is -2.57. The maximum Gasteiger partial charge on any atom is 0.314 e. The van der Waals surface area contributed by atoms with Gasteiger partial charge in [0, 0.05) is 18.2 Å². The zero-order chi connectivity index (χ0) is 20.5. The van der Waals surface area contributed by atoms with E-state index in [1.165, 1.54) is 10.6 Å². The molecule has 28 heavy (non-hydrogen) atoms. The summed E-state index contributed by atoms with van der Waals surface area (Å²) in [6.45, 7) is 8.06. The minimum Gasteiger partial charge on any atom is -0.426 e. The molecule has 1 saturated heterocycles. The van der Waals surface area contributed by atoms with Crippen molar-refractivity contribution in [2.45, 2.75) is 89.3 Å². The number of nitrogens with zero attached hydrogens (tertiary/aromatic N) is 1. The molecule has 2 fully saturated rings. The number of hydrogen-bond acceptors (Lipinski definition) is 4. The molecule has 1 aromatic rings. The lowest BCUT2D eigenvalue weighted by atomic mass is 9.73. The molecule has 155 valence electrons. The molecule has 3 rings (SSSR count). The third-order valence-electron chi connectivity index (χ3n) is 6.50. The van der Waals surface area contributed by atoms with Gasteiger partial charge in [0.25, 0.3) is 0 Å². The first-order valence-electron chi connectivity index (χ1n) is 10.4. The number of hydrogen-bond donors (Lipinski definition) is 0. The average molecular weight is 389 g/mol. The van der Waals surface area contributed by atoms with Gasteiger partial charge in [0.15, 0.2) is 0 Å². The van der Waals surface area contributed by atoms with E-state index in [1.807, 2.05) is 52.0 Å². The predicted octanol–water partition coefficient (Wildman–Crippen LogP) is 4.88. The topological polar surface area (TPSA) is 58.7 Å². The molecule has 1 radical (unpaired) electrons. The number of esters is 1. The number of piperidine rings is 1. The lowest BCUT2D eigenvalue weighted by Gasteiger charge is -2.50. The number of ether oxygens (including phenoxy) is 2. The first-order chi connectivity index (χ1) is 13.1. The Bertz CT molecular complexity index is 656. The molecule has 0 unspecified atom stereocenters. The van der Waals surface area contributed by atoms with E-state index in [0.29, 0.717) is 11.7 Å². The van der Waals surface area contributed by atoms with Gasteiger partial charge in [-0.25, -0.2) is 0 Å². The molecule has 2 aliphatic rings. The van der Waals surface area contributed by atoms with E-state index < -0.39 is 11.1 Å². The van der Waals surface area contributed by atoms with Gasteiger partial charge >= 0.3 is 5.97 Å². The Labute approximate surface area is 169 Å².